The Hall–Kier alpha value is -3.02. The van der Waals surface area contributed by atoms with Crippen molar-refractivity contribution in [2.45, 2.75) is 25.3 Å². The zero-order chi connectivity index (χ0) is 20.1. The van der Waals surface area contributed by atoms with Crippen molar-refractivity contribution in [2.24, 2.45) is 0 Å². The van der Waals surface area contributed by atoms with Crippen LogP contribution in [0.3, 0.4) is 0 Å². The highest BCUT2D eigenvalue weighted by Gasteiger charge is 2.26. The van der Waals surface area contributed by atoms with E-state index in [1.807, 2.05) is 19.2 Å². The maximum Gasteiger partial charge on any atom is 0.337 e. The van der Waals surface area contributed by atoms with Gasteiger partial charge >= 0.3 is 5.97 Å². The number of fused-ring (bicyclic) bond motifs is 1. The van der Waals surface area contributed by atoms with Gasteiger partial charge in [-0.05, 0) is 48.6 Å². The van der Waals surface area contributed by atoms with Crippen LogP contribution in [0, 0.1) is 0 Å². The molecule has 0 saturated heterocycles. The minimum Gasteiger partial charge on any atom is -0.493 e. The molecule has 148 valence electrons. The van der Waals surface area contributed by atoms with E-state index in [0.29, 0.717) is 17.1 Å². The van der Waals surface area contributed by atoms with Crippen LogP contribution in [-0.2, 0) is 16.0 Å². The molecule has 1 aliphatic rings. The Bertz CT molecular complexity index is 864. The third-order valence-electron chi connectivity index (χ3n) is 5.13. The fourth-order valence-electron chi connectivity index (χ4n) is 3.58. The van der Waals surface area contributed by atoms with Crippen LogP contribution < -0.4 is 9.47 Å². The number of nitrogens with zero attached hydrogens (tertiary/aromatic N) is 1. The van der Waals surface area contributed by atoms with Crippen LogP contribution in [0.5, 0.6) is 11.5 Å². The fraction of sp³-hybridized carbons (Fsp3) is 0.364. The van der Waals surface area contributed by atoms with Crippen LogP contribution >= 0.6 is 0 Å². The van der Waals surface area contributed by atoms with E-state index >= 15 is 0 Å². The van der Waals surface area contributed by atoms with Gasteiger partial charge in [0.2, 0.25) is 0 Å². The van der Waals surface area contributed by atoms with Crippen molar-refractivity contribution in [1.29, 1.82) is 0 Å². The number of ether oxygens (including phenoxy) is 3. The standard InChI is InChI=1S/C22H25NO5/c1-23(18-10-6-8-15-7-4-5-9-17(15)18)21(24)14-28-19-12-11-16(22(25)27-3)13-20(19)26-2/h4-5,7,9,11-13,18H,6,8,10,14H2,1-3H3. The average Bonchev–Trinajstić information content (AvgIpc) is 2.75. The summed E-state index contributed by atoms with van der Waals surface area (Å²) in [6.45, 7) is -0.108. The second-order valence-corrected chi connectivity index (χ2v) is 6.76. The zero-order valence-electron chi connectivity index (χ0n) is 16.4. The topological polar surface area (TPSA) is 65.1 Å². The molecular weight excluding hydrogens is 358 g/mol. The first-order valence-electron chi connectivity index (χ1n) is 9.27. The van der Waals surface area contributed by atoms with Gasteiger partial charge in [-0.25, -0.2) is 4.79 Å². The van der Waals surface area contributed by atoms with Gasteiger partial charge in [-0.3, -0.25) is 4.79 Å². The fourth-order valence-corrected chi connectivity index (χ4v) is 3.58. The Morgan fingerprint density at radius 3 is 2.64 bits per heavy atom. The summed E-state index contributed by atoms with van der Waals surface area (Å²) in [5.41, 5.74) is 2.87. The molecule has 28 heavy (non-hydrogen) atoms. The van der Waals surface area contributed by atoms with Gasteiger partial charge in [0.25, 0.3) is 5.91 Å². The summed E-state index contributed by atoms with van der Waals surface area (Å²) in [5.74, 6) is 0.208. The molecule has 0 spiro atoms. The Morgan fingerprint density at radius 1 is 1.11 bits per heavy atom. The predicted molar refractivity (Wildman–Crippen MR) is 105 cm³/mol. The molecule has 0 aromatic heterocycles. The molecule has 0 heterocycles. The number of carbonyl (C=O) groups is 2. The predicted octanol–water partition coefficient (Wildman–Crippen LogP) is 3.40. The van der Waals surface area contributed by atoms with E-state index in [4.69, 9.17) is 14.2 Å². The van der Waals surface area contributed by atoms with E-state index in [1.54, 1.807) is 17.0 Å². The molecule has 0 N–H and O–H groups in total. The summed E-state index contributed by atoms with van der Waals surface area (Å²) in [5, 5.41) is 0. The molecule has 3 rings (SSSR count). The number of rotatable bonds is 6. The monoisotopic (exact) mass is 383 g/mol. The molecule has 0 radical (unpaired) electrons. The molecule has 1 amide bonds. The third kappa shape index (κ3) is 4.11. The molecule has 1 atom stereocenters. The minimum absolute atomic E-state index is 0.0599. The number of carbonyl (C=O) groups excluding carboxylic acids is 2. The number of aryl methyl sites for hydroxylation is 1. The van der Waals surface area contributed by atoms with Crippen LogP contribution in [0.2, 0.25) is 0 Å². The van der Waals surface area contributed by atoms with Crippen LogP contribution in [0.1, 0.15) is 40.4 Å². The second kappa shape index (κ2) is 8.78. The first-order valence-corrected chi connectivity index (χ1v) is 9.27. The summed E-state index contributed by atoms with van der Waals surface area (Å²) >= 11 is 0. The Morgan fingerprint density at radius 2 is 1.89 bits per heavy atom. The lowest BCUT2D eigenvalue weighted by Crippen LogP contribution is -2.36. The molecule has 0 bridgehead atoms. The maximum atomic E-state index is 12.7. The summed E-state index contributed by atoms with van der Waals surface area (Å²) in [6.07, 6.45) is 3.05. The van der Waals surface area contributed by atoms with Crippen molar-refractivity contribution in [1.82, 2.24) is 4.90 Å². The molecule has 0 fully saturated rings. The number of likely N-dealkylation sites (N-methyl/N-ethyl adjacent to an activating group) is 1. The highest BCUT2D eigenvalue weighted by Crippen LogP contribution is 2.34. The van der Waals surface area contributed by atoms with Gasteiger partial charge in [-0.15, -0.1) is 0 Å². The second-order valence-electron chi connectivity index (χ2n) is 6.76. The molecule has 2 aromatic rings. The third-order valence-corrected chi connectivity index (χ3v) is 5.13. The molecule has 6 nitrogen and oxygen atoms in total. The van der Waals surface area contributed by atoms with Gasteiger partial charge in [-0.1, -0.05) is 24.3 Å². The average molecular weight is 383 g/mol. The van der Waals surface area contributed by atoms with Crippen LogP contribution in [-0.4, -0.2) is 44.7 Å². The van der Waals surface area contributed by atoms with Gasteiger partial charge in [-0.2, -0.15) is 0 Å². The summed E-state index contributed by atoms with van der Waals surface area (Å²) in [6, 6.07) is 13.1. The SMILES string of the molecule is COC(=O)c1ccc(OCC(=O)N(C)C2CCCc3ccccc32)c(OC)c1. The van der Waals surface area contributed by atoms with Gasteiger partial charge in [0.15, 0.2) is 18.1 Å². The van der Waals surface area contributed by atoms with Crippen molar-refractivity contribution in [3.05, 3.63) is 59.2 Å². The normalized spacial score (nSPS) is 15.3. The van der Waals surface area contributed by atoms with Crippen LogP contribution in [0.15, 0.2) is 42.5 Å². The summed E-state index contributed by atoms with van der Waals surface area (Å²) in [7, 11) is 4.61. The van der Waals surface area contributed by atoms with E-state index in [2.05, 4.69) is 12.1 Å². The number of esters is 1. The molecule has 0 aliphatic heterocycles. The lowest BCUT2D eigenvalue weighted by Gasteiger charge is -2.33. The van der Waals surface area contributed by atoms with Gasteiger partial charge in [0.05, 0.1) is 25.8 Å². The lowest BCUT2D eigenvalue weighted by atomic mass is 9.87. The highest BCUT2D eigenvalue weighted by atomic mass is 16.5. The Kier molecular flexibility index (Phi) is 6.19. The van der Waals surface area contributed by atoms with E-state index in [-0.39, 0.29) is 18.6 Å². The Balaban J connectivity index is 1.68. The minimum atomic E-state index is -0.461. The maximum absolute atomic E-state index is 12.7. The molecule has 1 unspecified atom stereocenters. The van der Waals surface area contributed by atoms with Crippen molar-refractivity contribution < 1.29 is 23.8 Å². The highest BCUT2D eigenvalue weighted by molar-refractivity contribution is 5.90. The van der Waals surface area contributed by atoms with Crippen molar-refractivity contribution in [3.63, 3.8) is 0 Å². The number of benzene rings is 2. The summed E-state index contributed by atoms with van der Waals surface area (Å²) < 4.78 is 15.7. The van der Waals surface area contributed by atoms with Gasteiger partial charge in [0, 0.05) is 7.05 Å². The van der Waals surface area contributed by atoms with Crippen molar-refractivity contribution in [3.8, 4) is 11.5 Å². The van der Waals surface area contributed by atoms with Gasteiger partial charge < -0.3 is 19.1 Å². The quantitative estimate of drug-likeness (QED) is 0.716. The van der Waals surface area contributed by atoms with Crippen molar-refractivity contribution in [2.75, 3.05) is 27.9 Å². The number of hydrogen-bond donors (Lipinski definition) is 0. The Labute approximate surface area is 165 Å². The largest absolute Gasteiger partial charge is 0.493 e. The molecule has 6 heteroatoms. The van der Waals surface area contributed by atoms with Crippen LogP contribution in [0.25, 0.3) is 0 Å². The molecule has 0 saturated carbocycles. The van der Waals surface area contributed by atoms with E-state index in [1.165, 1.54) is 31.4 Å². The lowest BCUT2D eigenvalue weighted by molar-refractivity contribution is -0.134. The first-order chi connectivity index (χ1) is 13.5. The van der Waals surface area contributed by atoms with Crippen LogP contribution in [0.4, 0.5) is 0 Å². The zero-order valence-corrected chi connectivity index (χ0v) is 16.4. The number of hydrogen-bond acceptors (Lipinski definition) is 5. The molecule has 1 aliphatic carbocycles. The molecule has 2 aromatic carbocycles. The van der Waals surface area contributed by atoms with Crippen molar-refractivity contribution >= 4 is 11.9 Å². The number of amides is 1. The smallest absolute Gasteiger partial charge is 0.337 e. The van der Waals surface area contributed by atoms with E-state index in [9.17, 15) is 9.59 Å². The first kappa shape index (κ1) is 19.7. The molecular formula is C22H25NO5. The van der Waals surface area contributed by atoms with E-state index in [0.717, 1.165) is 19.3 Å². The summed E-state index contributed by atoms with van der Waals surface area (Å²) in [4.78, 5) is 26.1. The van der Waals surface area contributed by atoms with Gasteiger partial charge in [0.1, 0.15) is 0 Å². The number of methoxy groups -OCH3 is 2. The van der Waals surface area contributed by atoms with E-state index < -0.39 is 5.97 Å².